The molecule has 19 heavy (non-hydrogen) atoms. The Morgan fingerprint density at radius 2 is 1.95 bits per heavy atom. The van der Waals surface area contributed by atoms with E-state index in [1.54, 1.807) is 0 Å². The molecule has 0 saturated heterocycles. The topological polar surface area (TPSA) is 87.7 Å². The van der Waals surface area contributed by atoms with E-state index in [1.165, 1.54) is 12.8 Å². The van der Waals surface area contributed by atoms with Crippen molar-refractivity contribution in [1.29, 1.82) is 0 Å². The van der Waals surface area contributed by atoms with Crippen molar-refractivity contribution in [3.63, 3.8) is 0 Å². The van der Waals surface area contributed by atoms with Crippen LogP contribution in [0.1, 0.15) is 46.0 Å². The Labute approximate surface area is 113 Å². The Kier molecular flexibility index (Phi) is 6.08. The van der Waals surface area contributed by atoms with Gasteiger partial charge < -0.3 is 10.4 Å². The van der Waals surface area contributed by atoms with Crippen molar-refractivity contribution in [2.24, 2.45) is 11.3 Å². The third-order valence-electron chi connectivity index (χ3n) is 3.49. The summed E-state index contributed by atoms with van der Waals surface area (Å²) >= 11 is 0. The van der Waals surface area contributed by atoms with E-state index in [9.17, 15) is 9.59 Å². The Hall–Kier alpha value is -1.30. The smallest absolute Gasteiger partial charge is 0.338 e. The maximum Gasteiger partial charge on any atom is 0.338 e. The Morgan fingerprint density at radius 1 is 1.32 bits per heavy atom. The molecule has 0 unspecified atom stereocenters. The molecule has 0 aromatic rings. The molecule has 0 spiro atoms. The molecule has 1 saturated carbocycles. The predicted molar refractivity (Wildman–Crippen MR) is 70.5 cm³/mol. The highest BCUT2D eigenvalue weighted by Gasteiger charge is 2.34. The van der Waals surface area contributed by atoms with Crippen LogP contribution in [0.25, 0.3) is 0 Å². The van der Waals surface area contributed by atoms with Gasteiger partial charge in [-0.15, -0.1) is 0 Å². The van der Waals surface area contributed by atoms with Crippen LogP contribution in [0.2, 0.25) is 0 Å². The van der Waals surface area contributed by atoms with E-state index >= 15 is 0 Å². The van der Waals surface area contributed by atoms with E-state index in [1.807, 2.05) is 0 Å². The van der Waals surface area contributed by atoms with Crippen molar-refractivity contribution in [2.75, 3.05) is 13.2 Å². The van der Waals surface area contributed by atoms with Gasteiger partial charge in [0.1, 0.15) is 0 Å². The molecular formula is C13H24N2O4. The zero-order valence-electron chi connectivity index (χ0n) is 11.7. The lowest BCUT2D eigenvalue weighted by atomic mass is 9.78. The first kappa shape index (κ1) is 15.8. The summed E-state index contributed by atoms with van der Waals surface area (Å²) in [5.74, 6) is -0.515. The fraction of sp³-hybridized carbons (Fsp3) is 0.846. The number of hydrogen-bond donors (Lipinski definition) is 3. The van der Waals surface area contributed by atoms with Gasteiger partial charge in [-0.1, -0.05) is 26.7 Å². The van der Waals surface area contributed by atoms with E-state index in [-0.39, 0.29) is 5.41 Å². The lowest BCUT2D eigenvalue weighted by Gasteiger charge is -2.31. The molecule has 0 aromatic heterocycles. The van der Waals surface area contributed by atoms with E-state index in [0.29, 0.717) is 12.5 Å². The molecule has 1 rings (SSSR count). The van der Waals surface area contributed by atoms with E-state index in [2.05, 4.69) is 29.5 Å². The Balaban J connectivity index is 2.31. The fourth-order valence-electron chi connectivity index (χ4n) is 2.91. The predicted octanol–water partition coefficient (Wildman–Crippen LogP) is 1.91. The molecule has 0 bridgehead atoms. The van der Waals surface area contributed by atoms with Crippen molar-refractivity contribution in [3.05, 3.63) is 0 Å². The maximum atomic E-state index is 11.5. The number of hydroxylamine groups is 1. The molecule has 2 amide bonds. The SMILES string of the molecule is CC(C)CC1(CNC(=O)NOCC(=O)O)CCCC1. The molecule has 6 nitrogen and oxygen atoms in total. The Morgan fingerprint density at radius 3 is 2.47 bits per heavy atom. The van der Waals surface area contributed by atoms with E-state index < -0.39 is 18.6 Å². The highest BCUT2D eigenvalue weighted by Crippen LogP contribution is 2.42. The van der Waals surface area contributed by atoms with E-state index in [0.717, 1.165) is 19.3 Å². The van der Waals surface area contributed by atoms with Crippen LogP contribution in [0.15, 0.2) is 0 Å². The van der Waals surface area contributed by atoms with Crippen molar-refractivity contribution in [3.8, 4) is 0 Å². The average Bonchev–Trinajstić information content (AvgIpc) is 2.74. The first-order chi connectivity index (χ1) is 8.93. The molecule has 0 heterocycles. The molecule has 0 radical (unpaired) electrons. The molecule has 0 aliphatic heterocycles. The van der Waals surface area contributed by atoms with Crippen molar-refractivity contribution in [1.82, 2.24) is 10.8 Å². The molecule has 0 aromatic carbocycles. The maximum absolute atomic E-state index is 11.5. The standard InChI is InChI=1S/C13H24N2O4/c1-10(2)7-13(5-3-4-6-13)9-14-12(18)15-19-8-11(16)17/h10H,3-9H2,1-2H3,(H,16,17)(H2,14,15,18). The summed E-state index contributed by atoms with van der Waals surface area (Å²) in [6, 6.07) is -0.476. The number of carbonyl (C=O) groups excluding carboxylic acids is 1. The van der Waals surface area contributed by atoms with Crippen LogP contribution in [0.4, 0.5) is 4.79 Å². The summed E-state index contributed by atoms with van der Waals surface area (Å²) in [6.45, 7) is 4.46. The van der Waals surface area contributed by atoms with Crippen molar-refractivity contribution < 1.29 is 19.5 Å². The average molecular weight is 272 g/mol. The van der Waals surface area contributed by atoms with Crippen LogP contribution in [0.5, 0.6) is 0 Å². The molecule has 0 atom stereocenters. The molecule has 1 aliphatic carbocycles. The van der Waals surface area contributed by atoms with Gasteiger partial charge in [0.2, 0.25) is 0 Å². The van der Waals surface area contributed by atoms with Gasteiger partial charge >= 0.3 is 12.0 Å². The minimum absolute atomic E-state index is 0.193. The van der Waals surface area contributed by atoms with Crippen LogP contribution >= 0.6 is 0 Å². The number of urea groups is 1. The second kappa shape index (κ2) is 7.33. The number of nitrogens with one attached hydrogen (secondary N) is 2. The number of hydrogen-bond acceptors (Lipinski definition) is 3. The van der Waals surface area contributed by atoms with E-state index in [4.69, 9.17) is 5.11 Å². The summed E-state index contributed by atoms with van der Waals surface area (Å²) in [7, 11) is 0. The number of aliphatic carboxylic acids is 1. The summed E-state index contributed by atoms with van der Waals surface area (Å²) in [5, 5.41) is 11.1. The lowest BCUT2D eigenvalue weighted by molar-refractivity contribution is -0.144. The minimum Gasteiger partial charge on any atom is -0.479 e. The summed E-state index contributed by atoms with van der Waals surface area (Å²) in [4.78, 5) is 26.2. The third-order valence-corrected chi connectivity index (χ3v) is 3.49. The van der Waals surface area contributed by atoms with Gasteiger partial charge in [0, 0.05) is 6.54 Å². The second-order valence-electron chi connectivity index (χ2n) is 5.77. The molecule has 110 valence electrons. The van der Waals surface area contributed by atoms with Crippen LogP contribution in [0.3, 0.4) is 0 Å². The van der Waals surface area contributed by atoms with Crippen LogP contribution in [0, 0.1) is 11.3 Å². The van der Waals surface area contributed by atoms with Crippen molar-refractivity contribution >= 4 is 12.0 Å². The molecule has 3 N–H and O–H groups in total. The van der Waals surface area contributed by atoms with Gasteiger partial charge in [-0.2, -0.15) is 0 Å². The van der Waals surface area contributed by atoms with Gasteiger partial charge in [-0.05, 0) is 30.6 Å². The second-order valence-corrected chi connectivity index (χ2v) is 5.77. The molecular weight excluding hydrogens is 248 g/mol. The lowest BCUT2D eigenvalue weighted by Crippen LogP contribution is -2.42. The molecule has 1 fully saturated rings. The molecule has 1 aliphatic rings. The zero-order valence-corrected chi connectivity index (χ0v) is 11.7. The van der Waals surface area contributed by atoms with Crippen LogP contribution < -0.4 is 10.8 Å². The number of carboxylic acids is 1. The number of amides is 2. The monoisotopic (exact) mass is 272 g/mol. The minimum atomic E-state index is -1.12. The summed E-state index contributed by atoms with van der Waals surface area (Å²) in [5.41, 5.74) is 2.27. The third kappa shape index (κ3) is 5.92. The first-order valence-corrected chi connectivity index (χ1v) is 6.81. The van der Waals surface area contributed by atoms with Gasteiger partial charge in [0.05, 0.1) is 0 Å². The van der Waals surface area contributed by atoms with Crippen LogP contribution in [-0.4, -0.2) is 30.3 Å². The molecule has 6 heteroatoms. The highest BCUT2D eigenvalue weighted by molar-refractivity contribution is 5.73. The van der Waals surface area contributed by atoms with Gasteiger partial charge in [0.25, 0.3) is 0 Å². The number of carbonyl (C=O) groups is 2. The highest BCUT2D eigenvalue weighted by atomic mass is 16.7. The largest absolute Gasteiger partial charge is 0.479 e. The number of rotatable bonds is 7. The first-order valence-electron chi connectivity index (χ1n) is 6.81. The number of carboxylic acid groups (broad SMARTS) is 1. The summed E-state index contributed by atoms with van der Waals surface area (Å²) in [6.07, 6.45) is 5.81. The zero-order chi connectivity index (χ0) is 14.3. The van der Waals surface area contributed by atoms with Gasteiger partial charge in [-0.25, -0.2) is 15.1 Å². The van der Waals surface area contributed by atoms with Gasteiger partial charge in [-0.3, -0.25) is 4.84 Å². The summed E-state index contributed by atoms with van der Waals surface area (Å²) < 4.78 is 0. The fourth-order valence-corrected chi connectivity index (χ4v) is 2.91. The van der Waals surface area contributed by atoms with Crippen LogP contribution in [-0.2, 0) is 9.63 Å². The van der Waals surface area contributed by atoms with Gasteiger partial charge in [0.15, 0.2) is 6.61 Å². The van der Waals surface area contributed by atoms with Crippen molar-refractivity contribution in [2.45, 2.75) is 46.0 Å². The normalized spacial score (nSPS) is 17.4. The Bertz CT molecular complexity index is 312. The quantitative estimate of drug-likeness (QED) is 0.618.